The van der Waals surface area contributed by atoms with E-state index in [1.54, 1.807) is 0 Å². The minimum atomic E-state index is -0.311. The average molecular weight is 427 g/mol. The van der Waals surface area contributed by atoms with Crippen molar-refractivity contribution in [2.24, 2.45) is 5.92 Å². The highest BCUT2D eigenvalue weighted by Gasteiger charge is 2.31. The van der Waals surface area contributed by atoms with Gasteiger partial charge in [-0.1, -0.05) is 31.1 Å². The van der Waals surface area contributed by atoms with Crippen LogP contribution in [0.3, 0.4) is 0 Å². The van der Waals surface area contributed by atoms with E-state index in [1.807, 2.05) is 50.4 Å². The highest BCUT2D eigenvalue weighted by molar-refractivity contribution is 7.13. The zero-order valence-corrected chi connectivity index (χ0v) is 18.2. The minimum absolute atomic E-state index is 0.116. The van der Waals surface area contributed by atoms with Crippen molar-refractivity contribution in [3.8, 4) is 16.3 Å². The second-order valence-electron chi connectivity index (χ2n) is 7.80. The molecule has 2 aromatic heterocycles. The summed E-state index contributed by atoms with van der Waals surface area (Å²) in [6.45, 7) is 6.60. The van der Waals surface area contributed by atoms with Crippen molar-refractivity contribution in [2.75, 3.05) is 6.61 Å². The van der Waals surface area contributed by atoms with E-state index in [4.69, 9.17) is 9.26 Å². The molecule has 0 aliphatic heterocycles. The summed E-state index contributed by atoms with van der Waals surface area (Å²) < 4.78 is 11.1. The molecule has 30 heavy (non-hydrogen) atoms. The molecular weight excluding hydrogens is 400 g/mol. The molecule has 158 valence electrons. The van der Waals surface area contributed by atoms with Gasteiger partial charge in [-0.05, 0) is 37.8 Å². The van der Waals surface area contributed by atoms with Gasteiger partial charge in [0.25, 0.3) is 0 Å². The molecule has 7 nitrogen and oxygen atoms in total. The predicted molar refractivity (Wildman–Crippen MR) is 114 cm³/mol. The van der Waals surface area contributed by atoms with Gasteiger partial charge in [-0.3, -0.25) is 4.79 Å². The SMILES string of the molecule is CCOc1ccccc1-c1nc(CC(=O)NC(c2nc(C3CC3)no2)C(C)C)cs1. The molecule has 1 aromatic carbocycles. The number of nitrogens with one attached hydrogen (secondary N) is 1. The Bertz CT molecular complexity index is 1010. The van der Waals surface area contributed by atoms with Crippen LogP contribution in [0.2, 0.25) is 0 Å². The normalized spacial score (nSPS) is 14.7. The number of carbonyl (C=O) groups excluding carboxylic acids is 1. The number of aromatic nitrogens is 3. The van der Waals surface area contributed by atoms with Crippen molar-refractivity contribution in [3.63, 3.8) is 0 Å². The van der Waals surface area contributed by atoms with E-state index in [2.05, 4.69) is 20.4 Å². The van der Waals surface area contributed by atoms with Crippen LogP contribution < -0.4 is 10.1 Å². The molecule has 1 amide bonds. The first-order valence-electron chi connectivity index (χ1n) is 10.3. The van der Waals surface area contributed by atoms with Crippen LogP contribution in [0.5, 0.6) is 5.75 Å². The molecule has 1 N–H and O–H groups in total. The fraction of sp³-hybridized carbons (Fsp3) is 0.455. The quantitative estimate of drug-likeness (QED) is 0.541. The topological polar surface area (TPSA) is 90.1 Å². The fourth-order valence-corrected chi connectivity index (χ4v) is 4.07. The highest BCUT2D eigenvalue weighted by atomic mass is 32.1. The van der Waals surface area contributed by atoms with Crippen LogP contribution in [-0.4, -0.2) is 27.6 Å². The Hall–Kier alpha value is -2.74. The Balaban J connectivity index is 1.43. The standard InChI is InChI=1S/C22H26N4O3S/c1-4-28-17-8-6-5-7-16(17)22-23-15(12-30-22)11-18(27)24-19(13(2)3)21-25-20(26-29-21)14-9-10-14/h5-8,12-14,19H,4,9-11H2,1-3H3,(H,24,27). The second kappa shape index (κ2) is 8.95. The summed E-state index contributed by atoms with van der Waals surface area (Å²) in [6, 6.07) is 7.50. The van der Waals surface area contributed by atoms with E-state index in [0.717, 1.165) is 40.7 Å². The maximum Gasteiger partial charge on any atom is 0.249 e. The molecule has 2 heterocycles. The third-order valence-corrected chi connectivity index (χ3v) is 5.88. The molecule has 0 bridgehead atoms. The summed E-state index contributed by atoms with van der Waals surface area (Å²) in [7, 11) is 0. The lowest BCUT2D eigenvalue weighted by Gasteiger charge is -2.18. The van der Waals surface area contributed by atoms with Crippen molar-refractivity contribution in [1.82, 2.24) is 20.4 Å². The number of carbonyl (C=O) groups is 1. The molecule has 0 saturated heterocycles. The van der Waals surface area contributed by atoms with Gasteiger partial charge in [0, 0.05) is 11.3 Å². The number of hydrogen-bond donors (Lipinski definition) is 1. The largest absolute Gasteiger partial charge is 0.493 e. The number of nitrogens with zero attached hydrogens (tertiary/aromatic N) is 3. The Morgan fingerprint density at radius 3 is 2.83 bits per heavy atom. The van der Waals surface area contributed by atoms with E-state index in [1.165, 1.54) is 11.3 Å². The zero-order chi connectivity index (χ0) is 21.1. The van der Waals surface area contributed by atoms with Crippen LogP contribution in [0.15, 0.2) is 34.2 Å². The van der Waals surface area contributed by atoms with Crippen LogP contribution >= 0.6 is 11.3 Å². The van der Waals surface area contributed by atoms with Crippen molar-refractivity contribution < 1.29 is 14.1 Å². The van der Waals surface area contributed by atoms with Gasteiger partial charge in [-0.2, -0.15) is 4.98 Å². The van der Waals surface area contributed by atoms with Gasteiger partial charge in [-0.15, -0.1) is 11.3 Å². The van der Waals surface area contributed by atoms with Crippen molar-refractivity contribution in [1.29, 1.82) is 0 Å². The lowest BCUT2D eigenvalue weighted by atomic mass is 10.0. The smallest absolute Gasteiger partial charge is 0.249 e. The Morgan fingerprint density at radius 2 is 2.10 bits per heavy atom. The summed E-state index contributed by atoms with van der Waals surface area (Å²) in [4.78, 5) is 21.9. The van der Waals surface area contributed by atoms with Gasteiger partial charge in [0.2, 0.25) is 11.8 Å². The van der Waals surface area contributed by atoms with E-state index < -0.39 is 0 Å². The summed E-state index contributed by atoms with van der Waals surface area (Å²) in [6.07, 6.45) is 2.41. The molecular formula is C22H26N4O3S. The van der Waals surface area contributed by atoms with E-state index in [9.17, 15) is 4.79 Å². The number of amides is 1. The van der Waals surface area contributed by atoms with Crippen molar-refractivity contribution in [2.45, 2.75) is 52.0 Å². The van der Waals surface area contributed by atoms with Crippen molar-refractivity contribution in [3.05, 3.63) is 47.1 Å². The van der Waals surface area contributed by atoms with Crippen LogP contribution in [0.25, 0.3) is 10.6 Å². The molecule has 3 aromatic rings. The number of hydrogen-bond acceptors (Lipinski definition) is 7. The number of rotatable bonds is 9. The second-order valence-corrected chi connectivity index (χ2v) is 8.66. The Kier molecular flexibility index (Phi) is 6.13. The number of para-hydroxylation sites is 1. The third-order valence-electron chi connectivity index (χ3n) is 4.96. The monoisotopic (exact) mass is 426 g/mol. The first kappa shape index (κ1) is 20.5. The van der Waals surface area contributed by atoms with Crippen LogP contribution in [0.1, 0.15) is 63.0 Å². The summed E-state index contributed by atoms with van der Waals surface area (Å²) in [5.74, 6) is 2.46. The highest BCUT2D eigenvalue weighted by Crippen LogP contribution is 2.38. The van der Waals surface area contributed by atoms with Gasteiger partial charge >= 0.3 is 0 Å². The van der Waals surface area contributed by atoms with Gasteiger partial charge in [0.15, 0.2) is 5.82 Å². The van der Waals surface area contributed by atoms with Crippen LogP contribution in [0.4, 0.5) is 0 Å². The van der Waals surface area contributed by atoms with Crippen LogP contribution in [-0.2, 0) is 11.2 Å². The van der Waals surface area contributed by atoms with E-state index >= 15 is 0 Å². The molecule has 1 aliphatic carbocycles. The first-order chi connectivity index (χ1) is 14.5. The van der Waals surface area contributed by atoms with Gasteiger partial charge in [-0.25, -0.2) is 4.98 Å². The van der Waals surface area contributed by atoms with Crippen molar-refractivity contribution >= 4 is 17.2 Å². The molecule has 1 aliphatic rings. The molecule has 1 atom stereocenters. The maximum atomic E-state index is 12.7. The summed E-state index contributed by atoms with van der Waals surface area (Å²) >= 11 is 1.51. The molecule has 1 saturated carbocycles. The van der Waals surface area contributed by atoms with Gasteiger partial charge in [0.1, 0.15) is 16.8 Å². The molecule has 1 unspecified atom stereocenters. The average Bonchev–Trinajstić information content (AvgIpc) is 3.28. The van der Waals surface area contributed by atoms with Gasteiger partial charge in [0.05, 0.1) is 24.3 Å². The third kappa shape index (κ3) is 4.70. The van der Waals surface area contributed by atoms with Gasteiger partial charge < -0.3 is 14.6 Å². The van der Waals surface area contributed by atoms with E-state index in [-0.39, 0.29) is 24.3 Å². The minimum Gasteiger partial charge on any atom is -0.493 e. The number of benzene rings is 1. The lowest BCUT2D eigenvalue weighted by molar-refractivity contribution is -0.121. The zero-order valence-electron chi connectivity index (χ0n) is 17.4. The number of thiazole rings is 1. The Morgan fingerprint density at radius 1 is 1.30 bits per heavy atom. The maximum absolute atomic E-state index is 12.7. The van der Waals surface area contributed by atoms with Crippen LogP contribution in [0, 0.1) is 5.92 Å². The summed E-state index contributed by atoms with van der Waals surface area (Å²) in [5.41, 5.74) is 1.67. The summed E-state index contributed by atoms with van der Waals surface area (Å²) in [5, 5.41) is 9.87. The fourth-order valence-electron chi connectivity index (χ4n) is 3.22. The lowest BCUT2D eigenvalue weighted by Crippen LogP contribution is -2.33. The van der Waals surface area contributed by atoms with E-state index in [0.29, 0.717) is 18.4 Å². The Labute approximate surface area is 179 Å². The molecule has 0 spiro atoms. The molecule has 0 radical (unpaired) electrons. The molecule has 1 fully saturated rings. The number of ether oxygens (including phenoxy) is 1. The molecule has 4 rings (SSSR count). The molecule has 8 heteroatoms. The predicted octanol–water partition coefficient (Wildman–Crippen LogP) is 4.53. The first-order valence-corrected chi connectivity index (χ1v) is 11.2.